The van der Waals surface area contributed by atoms with Crippen LogP contribution in [0.5, 0.6) is 5.75 Å². The average Bonchev–Trinajstić information content (AvgIpc) is 2.41. The maximum absolute atomic E-state index is 13.3. The highest BCUT2D eigenvalue weighted by Gasteiger charge is 2.14. The first kappa shape index (κ1) is 12.9. The summed E-state index contributed by atoms with van der Waals surface area (Å²) in [6, 6.07) is 3.45. The number of methoxy groups -OCH3 is 1. The number of carbonyl (C=O) groups excluding carboxylic acids is 1. The molecule has 0 saturated heterocycles. The number of carbonyl (C=O) groups is 1. The number of ether oxygens (including phenoxy) is 1. The Morgan fingerprint density at radius 1 is 1.32 bits per heavy atom. The number of hydrogen-bond acceptors (Lipinski definition) is 4. The Hall–Kier alpha value is -2.57. The van der Waals surface area contributed by atoms with Crippen LogP contribution in [0.3, 0.4) is 0 Å². The molecule has 0 atom stereocenters. The number of hydrogen-bond donors (Lipinski definition) is 1. The predicted octanol–water partition coefficient (Wildman–Crippen LogP) is 2.02. The first-order chi connectivity index (χ1) is 9.11. The van der Waals surface area contributed by atoms with E-state index in [0.29, 0.717) is 0 Å². The van der Waals surface area contributed by atoms with E-state index in [-0.39, 0.29) is 17.0 Å². The monoisotopic (exact) mass is 265 g/mol. The third-order valence-electron chi connectivity index (χ3n) is 2.31. The van der Waals surface area contributed by atoms with Crippen molar-refractivity contribution in [3.63, 3.8) is 0 Å². The van der Waals surface area contributed by atoms with Gasteiger partial charge in [-0.2, -0.15) is 13.8 Å². The molecule has 0 saturated carbocycles. The standard InChI is InChI=1S/C12H9F2N3O2/c1-19-9-6-15-5-4-7(9)12(18)16-8-2-3-10(13)17-11(8)14/h2-6H,1H3,(H,16,18). The lowest BCUT2D eigenvalue weighted by Crippen LogP contribution is -2.15. The van der Waals surface area contributed by atoms with E-state index in [1.165, 1.54) is 25.6 Å². The number of nitrogens with zero attached hydrogens (tertiary/aromatic N) is 2. The minimum atomic E-state index is -1.10. The van der Waals surface area contributed by atoms with Crippen LogP contribution in [-0.4, -0.2) is 23.0 Å². The van der Waals surface area contributed by atoms with Crippen molar-refractivity contribution in [1.82, 2.24) is 9.97 Å². The first-order valence-corrected chi connectivity index (χ1v) is 5.23. The summed E-state index contributed by atoms with van der Waals surface area (Å²) in [5.74, 6) is -2.42. The highest BCUT2D eigenvalue weighted by atomic mass is 19.1. The van der Waals surface area contributed by atoms with Gasteiger partial charge in [-0.1, -0.05) is 0 Å². The maximum Gasteiger partial charge on any atom is 0.259 e. The second kappa shape index (κ2) is 5.38. The molecular formula is C12H9F2N3O2. The van der Waals surface area contributed by atoms with Gasteiger partial charge in [-0.05, 0) is 18.2 Å². The van der Waals surface area contributed by atoms with Crippen LogP contribution in [-0.2, 0) is 0 Å². The van der Waals surface area contributed by atoms with Gasteiger partial charge < -0.3 is 10.1 Å². The zero-order valence-electron chi connectivity index (χ0n) is 9.85. The SMILES string of the molecule is COc1cnccc1C(=O)Nc1ccc(F)nc1F. The van der Waals surface area contributed by atoms with Gasteiger partial charge in [0.2, 0.25) is 11.9 Å². The van der Waals surface area contributed by atoms with E-state index in [1.54, 1.807) is 0 Å². The van der Waals surface area contributed by atoms with Crippen molar-refractivity contribution in [2.24, 2.45) is 0 Å². The molecule has 19 heavy (non-hydrogen) atoms. The van der Waals surface area contributed by atoms with Crippen molar-refractivity contribution in [2.75, 3.05) is 12.4 Å². The molecule has 0 aliphatic carbocycles. The molecule has 0 fully saturated rings. The molecule has 98 valence electrons. The Bertz CT molecular complexity index is 620. The van der Waals surface area contributed by atoms with E-state index in [4.69, 9.17) is 4.74 Å². The zero-order valence-corrected chi connectivity index (χ0v) is 9.85. The lowest BCUT2D eigenvalue weighted by Gasteiger charge is -2.08. The van der Waals surface area contributed by atoms with Gasteiger partial charge in [0.1, 0.15) is 5.75 Å². The van der Waals surface area contributed by atoms with E-state index in [9.17, 15) is 13.6 Å². The van der Waals surface area contributed by atoms with Crippen molar-refractivity contribution in [3.05, 3.63) is 48.1 Å². The van der Waals surface area contributed by atoms with Gasteiger partial charge >= 0.3 is 0 Å². The van der Waals surface area contributed by atoms with Gasteiger partial charge in [0.05, 0.1) is 24.6 Å². The molecule has 0 aliphatic rings. The molecule has 0 aliphatic heterocycles. The van der Waals surface area contributed by atoms with Crippen molar-refractivity contribution >= 4 is 11.6 Å². The normalized spacial score (nSPS) is 10.1. The highest BCUT2D eigenvalue weighted by molar-refractivity contribution is 6.06. The molecule has 2 aromatic heterocycles. The number of aromatic nitrogens is 2. The summed E-state index contributed by atoms with van der Waals surface area (Å²) in [6.45, 7) is 0. The Morgan fingerprint density at radius 3 is 2.79 bits per heavy atom. The number of pyridine rings is 2. The Labute approximate surface area is 107 Å². The third-order valence-corrected chi connectivity index (χ3v) is 2.31. The number of rotatable bonds is 3. The van der Waals surface area contributed by atoms with Crippen LogP contribution in [0.1, 0.15) is 10.4 Å². The molecule has 0 unspecified atom stereocenters. The van der Waals surface area contributed by atoms with Crippen LogP contribution >= 0.6 is 0 Å². The van der Waals surface area contributed by atoms with E-state index >= 15 is 0 Å². The summed E-state index contributed by atoms with van der Waals surface area (Å²) >= 11 is 0. The smallest absolute Gasteiger partial charge is 0.259 e. The Kier molecular flexibility index (Phi) is 3.65. The Balaban J connectivity index is 2.26. The van der Waals surface area contributed by atoms with Crippen LogP contribution in [0.2, 0.25) is 0 Å². The molecule has 1 N–H and O–H groups in total. The molecular weight excluding hydrogens is 256 g/mol. The molecule has 5 nitrogen and oxygen atoms in total. The van der Waals surface area contributed by atoms with Crippen molar-refractivity contribution in [1.29, 1.82) is 0 Å². The summed E-state index contributed by atoms with van der Waals surface area (Å²) in [6.07, 6.45) is 2.75. The Morgan fingerprint density at radius 2 is 2.11 bits per heavy atom. The van der Waals surface area contributed by atoms with Gasteiger partial charge in [0.25, 0.3) is 5.91 Å². The maximum atomic E-state index is 13.3. The van der Waals surface area contributed by atoms with Crippen LogP contribution in [0, 0.1) is 11.9 Å². The van der Waals surface area contributed by atoms with Gasteiger partial charge in [0, 0.05) is 6.20 Å². The van der Waals surface area contributed by atoms with E-state index in [2.05, 4.69) is 15.3 Å². The fourth-order valence-corrected chi connectivity index (χ4v) is 1.43. The number of halogens is 2. The van der Waals surface area contributed by atoms with Crippen LogP contribution in [0.15, 0.2) is 30.6 Å². The molecule has 0 bridgehead atoms. The minimum absolute atomic E-state index is 0.182. The summed E-state index contributed by atoms with van der Waals surface area (Å²) in [7, 11) is 1.38. The first-order valence-electron chi connectivity index (χ1n) is 5.23. The van der Waals surface area contributed by atoms with Gasteiger partial charge in [-0.3, -0.25) is 9.78 Å². The second-order valence-electron chi connectivity index (χ2n) is 3.50. The average molecular weight is 265 g/mol. The topological polar surface area (TPSA) is 64.1 Å². The minimum Gasteiger partial charge on any atom is -0.494 e. The molecule has 0 radical (unpaired) electrons. The van der Waals surface area contributed by atoms with Crippen LogP contribution in [0.25, 0.3) is 0 Å². The lowest BCUT2D eigenvalue weighted by atomic mass is 10.2. The van der Waals surface area contributed by atoms with E-state index in [0.717, 1.165) is 12.1 Å². The quantitative estimate of drug-likeness (QED) is 0.862. The molecule has 1 amide bonds. The summed E-state index contributed by atoms with van der Waals surface area (Å²) in [4.78, 5) is 18.7. The van der Waals surface area contributed by atoms with Gasteiger partial charge in [0.15, 0.2) is 0 Å². The highest BCUT2D eigenvalue weighted by Crippen LogP contribution is 2.19. The van der Waals surface area contributed by atoms with E-state index < -0.39 is 17.8 Å². The number of amides is 1. The summed E-state index contributed by atoms with van der Waals surface area (Å²) in [5, 5.41) is 2.28. The molecule has 0 spiro atoms. The lowest BCUT2D eigenvalue weighted by molar-refractivity contribution is 0.102. The zero-order chi connectivity index (χ0) is 13.8. The van der Waals surface area contributed by atoms with Crippen LogP contribution < -0.4 is 10.1 Å². The van der Waals surface area contributed by atoms with Crippen molar-refractivity contribution in [3.8, 4) is 5.75 Å². The molecule has 0 aromatic carbocycles. The molecule has 2 rings (SSSR count). The van der Waals surface area contributed by atoms with Crippen molar-refractivity contribution in [2.45, 2.75) is 0 Å². The molecule has 2 aromatic rings. The fraction of sp³-hybridized carbons (Fsp3) is 0.0833. The fourth-order valence-electron chi connectivity index (χ4n) is 1.43. The summed E-state index contributed by atoms with van der Waals surface area (Å²) in [5.41, 5.74) is -0.0357. The van der Waals surface area contributed by atoms with Gasteiger partial charge in [-0.15, -0.1) is 0 Å². The molecule has 2 heterocycles. The number of anilines is 1. The summed E-state index contributed by atoms with van der Waals surface area (Å²) < 4.78 is 30.9. The predicted molar refractivity (Wildman–Crippen MR) is 62.9 cm³/mol. The third kappa shape index (κ3) is 2.82. The second-order valence-corrected chi connectivity index (χ2v) is 3.50. The largest absolute Gasteiger partial charge is 0.494 e. The van der Waals surface area contributed by atoms with Crippen molar-refractivity contribution < 1.29 is 18.3 Å². The van der Waals surface area contributed by atoms with Gasteiger partial charge in [-0.25, -0.2) is 0 Å². The van der Waals surface area contributed by atoms with E-state index in [1.807, 2.05) is 0 Å². The molecule has 7 heteroatoms. The number of nitrogens with one attached hydrogen (secondary N) is 1. The van der Waals surface area contributed by atoms with Crippen LogP contribution in [0.4, 0.5) is 14.5 Å².